The van der Waals surface area contributed by atoms with E-state index in [1.165, 1.54) is 19.1 Å². The van der Waals surface area contributed by atoms with Gasteiger partial charge in [-0.15, -0.1) is 0 Å². The lowest BCUT2D eigenvalue weighted by atomic mass is 9.67. The number of nitrogens with zero attached hydrogens (tertiary/aromatic N) is 1. The Morgan fingerprint density at radius 3 is 2.30 bits per heavy atom. The number of carbonyl (C=O) groups is 2. The van der Waals surface area contributed by atoms with Gasteiger partial charge in [0, 0.05) is 30.3 Å². The molecule has 218 valence electrons. The van der Waals surface area contributed by atoms with Crippen LogP contribution in [0.5, 0.6) is 0 Å². The molecule has 0 radical (unpaired) electrons. The summed E-state index contributed by atoms with van der Waals surface area (Å²) in [5.41, 5.74) is -1.99. The van der Waals surface area contributed by atoms with Crippen molar-refractivity contribution in [3.8, 4) is 0 Å². The Hall–Kier alpha value is -2.63. The number of anilines is 1. The molecule has 1 heterocycles. The van der Waals surface area contributed by atoms with E-state index in [1.54, 1.807) is 4.90 Å². The highest BCUT2D eigenvalue weighted by molar-refractivity contribution is 7.92. The van der Waals surface area contributed by atoms with Crippen LogP contribution in [0.2, 0.25) is 5.02 Å². The molecular weight excluding hydrogens is 569 g/mol. The molecule has 1 aliphatic carbocycles. The largest absolute Gasteiger partial charge is 0.347 e. The number of ether oxygens (including phenoxy) is 1. The summed E-state index contributed by atoms with van der Waals surface area (Å²) in [6.45, 7) is 9.40. The fraction of sp³-hybridized carbons (Fsp3) is 0.500. The monoisotopic (exact) mass is 600 g/mol. The van der Waals surface area contributed by atoms with Gasteiger partial charge in [0.05, 0.1) is 27.3 Å². The summed E-state index contributed by atoms with van der Waals surface area (Å²) in [6, 6.07) is 4.92. The molecule has 2 fully saturated rings. The van der Waals surface area contributed by atoms with E-state index in [2.05, 4.69) is 5.32 Å². The number of sulfone groups is 1. The Labute approximate surface area is 236 Å². The zero-order chi connectivity index (χ0) is 29.8. The third kappa shape index (κ3) is 5.23. The Balaban J connectivity index is 1.62. The highest BCUT2D eigenvalue weighted by Crippen LogP contribution is 2.52. The van der Waals surface area contributed by atoms with Gasteiger partial charge in [0.2, 0.25) is 5.91 Å². The lowest BCUT2D eigenvalue weighted by Gasteiger charge is -2.47. The first-order chi connectivity index (χ1) is 18.5. The van der Waals surface area contributed by atoms with Crippen LogP contribution in [0.25, 0.3) is 0 Å². The maximum atomic E-state index is 13.9. The van der Waals surface area contributed by atoms with E-state index in [0.29, 0.717) is 25.1 Å². The second-order valence-corrected chi connectivity index (χ2v) is 13.7. The van der Waals surface area contributed by atoms with E-state index in [4.69, 9.17) is 16.3 Å². The molecule has 4 rings (SSSR count). The average Bonchev–Trinajstić information content (AvgIpc) is 3.16. The first kappa shape index (κ1) is 30.3. The molecule has 1 N–H and O–H groups in total. The molecular formula is C28H32ClF3N2O5S. The SMILES string of the molecule is CCC1C[C@@H](S(=O)(=O)c2cc(C(=O)Nc3cc(F)c(F)c(F)c3)ccc2Cl)C[C@H](C)[C@@]12CN(C(C)=O)C(C)(C)O2. The molecule has 0 bridgehead atoms. The van der Waals surface area contributed by atoms with Crippen LogP contribution < -0.4 is 5.32 Å². The van der Waals surface area contributed by atoms with Crippen LogP contribution in [0.3, 0.4) is 0 Å². The van der Waals surface area contributed by atoms with Crippen LogP contribution in [-0.2, 0) is 19.4 Å². The van der Waals surface area contributed by atoms with E-state index in [0.717, 1.165) is 6.07 Å². The summed E-state index contributed by atoms with van der Waals surface area (Å²) in [6.07, 6.45) is 1.15. The summed E-state index contributed by atoms with van der Waals surface area (Å²) in [4.78, 5) is 26.6. The van der Waals surface area contributed by atoms with Crippen molar-refractivity contribution in [2.24, 2.45) is 11.8 Å². The van der Waals surface area contributed by atoms with Gasteiger partial charge in [-0.1, -0.05) is 31.9 Å². The van der Waals surface area contributed by atoms with Crippen molar-refractivity contribution in [3.05, 3.63) is 58.4 Å². The molecule has 4 atom stereocenters. The van der Waals surface area contributed by atoms with Crippen LogP contribution >= 0.6 is 11.6 Å². The third-order valence-electron chi connectivity index (χ3n) is 8.24. The second-order valence-electron chi connectivity index (χ2n) is 11.1. The van der Waals surface area contributed by atoms with Gasteiger partial charge in [0.15, 0.2) is 27.3 Å². The molecule has 2 aliphatic rings. The van der Waals surface area contributed by atoms with Gasteiger partial charge in [-0.2, -0.15) is 0 Å². The number of nitrogens with one attached hydrogen (secondary N) is 1. The van der Waals surface area contributed by atoms with Gasteiger partial charge in [-0.05, 0) is 56.7 Å². The molecule has 2 aromatic carbocycles. The Morgan fingerprint density at radius 1 is 1.12 bits per heavy atom. The second kappa shape index (κ2) is 10.6. The van der Waals surface area contributed by atoms with Gasteiger partial charge in [0.1, 0.15) is 5.72 Å². The van der Waals surface area contributed by atoms with E-state index in [9.17, 15) is 31.2 Å². The number of benzene rings is 2. The van der Waals surface area contributed by atoms with Crippen LogP contribution in [0.15, 0.2) is 35.2 Å². The molecule has 12 heteroatoms. The molecule has 1 unspecified atom stereocenters. The van der Waals surface area contributed by atoms with E-state index in [1.807, 2.05) is 27.7 Å². The van der Waals surface area contributed by atoms with Gasteiger partial charge < -0.3 is 15.0 Å². The first-order valence-corrected chi connectivity index (χ1v) is 14.9. The molecule has 40 heavy (non-hydrogen) atoms. The molecule has 0 aromatic heterocycles. The summed E-state index contributed by atoms with van der Waals surface area (Å²) >= 11 is 6.32. The topological polar surface area (TPSA) is 92.8 Å². The van der Waals surface area contributed by atoms with Gasteiger partial charge in [0.25, 0.3) is 5.91 Å². The van der Waals surface area contributed by atoms with E-state index >= 15 is 0 Å². The molecule has 1 saturated heterocycles. The van der Waals surface area contributed by atoms with E-state index in [-0.39, 0.29) is 51.8 Å². The molecule has 1 spiro atoms. The van der Waals surface area contributed by atoms with Crippen molar-refractivity contribution in [2.75, 3.05) is 11.9 Å². The predicted molar refractivity (Wildman–Crippen MR) is 144 cm³/mol. The van der Waals surface area contributed by atoms with E-state index < -0.39 is 49.8 Å². The van der Waals surface area contributed by atoms with Crippen molar-refractivity contribution < 1.29 is 35.9 Å². The minimum Gasteiger partial charge on any atom is -0.347 e. The molecule has 1 saturated carbocycles. The first-order valence-electron chi connectivity index (χ1n) is 13.0. The summed E-state index contributed by atoms with van der Waals surface area (Å²) in [7, 11) is -4.04. The highest BCUT2D eigenvalue weighted by atomic mass is 35.5. The van der Waals surface area contributed by atoms with Crippen molar-refractivity contribution in [2.45, 2.75) is 75.4 Å². The van der Waals surface area contributed by atoms with Gasteiger partial charge in [-0.25, -0.2) is 21.6 Å². The number of hydrogen-bond acceptors (Lipinski definition) is 5. The van der Waals surface area contributed by atoms with Gasteiger partial charge >= 0.3 is 0 Å². The maximum Gasteiger partial charge on any atom is 0.255 e. The number of halogens is 4. The number of rotatable bonds is 5. The maximum absolute atomic E-state index is 13.9. The quantitative estimate of drug-likeness (QED) is 0.428. The molecule has 7 nitrogen and oxygen atoms in total. The zero-order valence-corrected chi connectivity index (χ0v) is 24.4. The fourth-order valence-electron chi connectivity index (χ4n) is 6.20. The number of hydrogen-bond donors (Lipinski definition) is 1. The van der Waals surface area contributed by atoms with Crippen LogP contribution in [0.4, 0.5) is 18.9 Å². The highest BCUT2D eigenvalue weighted by Gasteiger charge is 2.60. The average molecular weight is 601 g/mol. The lowest BCUT2D eigenvalue weighted by Crippen LogP contribution is -2.54. The number of carbonyl (C=O) groups excluding carboxylic acids is 2. The standard InChI is InChI=1S/C28H32ClF3N2O5S/c1-6-18-11-20(9-15(2)28(18)14-34(16(3)35)27(4,5)39-28)40(37,38)24-10-17(7-8-21(24)29)26(36)33-19-12-22(30)25(32)23(31)13-19/h7-8,10,12-13,15,18,20H,6,9,11,14H2,1-5H3,(H,33,36)/t15-,18?,20-,28-/m0/s1. The normalized spacial score (nSPS) is 26.2. The minimum atomic E-state index is -4.04. The van der Waals surface area contributed by atoms with Crippen molar-refractivity contribution in [1.82, 2.24) is 4.90 Å². The minimum absolute atomic E-state index is 0.0718. The Kier molecular flexibility index (Phi) is 8.07. The Bertz CT molecular complexity index is 1440. The number of amides is 2. The fourth-order valence-corrected chi connectivity index (χ4v) is 8.66. The van der Waals surface area contributed by atoms with Crippen molar-refractivity contribution in [1.29, 1.82) is 0 Å². The summed E-state index contributed by atoms with van der Waals surface area (Å²) in [5.74, 6) is -6.00. The van der Waals surface area contributed by atoms with Crippen molar-refractivity contribution in [3.63, 3.8) is 0 Å². The van der Waals surface area contributed by atoms with Crippen LogP contribution in [0, 0.1) is 29.3 Å². The van der Waals surface area contributed by atoms with Crippen LogP contribution in [0.1, 0.15) is 64.2 Å². The Morgan fingerprint density at radius 2 is 1.75 bits per heavy atom. The summed E-state index contributed by atoms with van der Waals surface area (Å²) in [5, 5.41) is 1.35. The lowest BCUT2D eigenvalue weighted by molar-refractivity contribution is -0.174. The third-order valence-corrected chi connectivity index (χ3v) is 10.9. The smallest absolute Gasteiger partial charge is 0.255 e. The molecule has 2 amide bonds. The van der Waals surface area contributed by atoms with Crippen molar-refractivity contribution >= 4 is 38.9 Å². The van der Waals surface area contributed by atoms with Crippen LogP contribution in [-0.4, -0.2) is 48.3 Å². The zero-order valence-electron chi connectivity index (χ0n) is 22.9. The molecule has 1 aliphatic heterocycles. The summed E-state index contributed by atoms with van der Waals surface area (Å²) < 4.78 is 74.8. The molecule has 2 aromatic rings. The van der Waals surface area contributed by atoms with Gasteiger partial charge in [-0.3, -0.25) is 9.59 Å². The predicted octanol–water partition coefficient (Wildman–Crippen LogP) is 5.96.